The van der Waals surface area contributed by atoms with E-state index in [2.05, 4.69) is 26.9 Å². The van der Waals surface area contributed by atoms with Crippen LogP contribution < -0.4 is 10.6 Å². The Kier molecular flexibility index (Phi) is 5.53. The molecule has 23 heavy (non-hydrogen) atoms. The number of amides is 1. The number of benzene rings is 1. The number of nitrogens with zero attached hydrogens (tertiary/aromatic N) is 1. The molecule has 1 saturated heterocycles. The number of H-pyrrole nitrogens is 1. The molecule has 3 N–H and O–H groups in total. The Balaban J connectivity index is 1.75. The second kappa shape index (κ2) is 7.81. The van der Waals surface area contributed by atoms with Crippen molar-refractivity contribution in [3.63, 3.8) is 0 Å². The molecule has 2 atom stereocenters. The summed E-state index contributed by atoms with van der Waals surface area (Å²) in [5.41, 5.74) is 1.91. The van der Waals surface area contributed by atoms with Crippen molar-refractivity contribution in [3.05, 3.63) is 30.1 Å². The first-order valence-electron chi connectivity index (χ1n) is 7.84. The molecule has 7 heteroatoms. The number of aromatic amines is 1. The number of aromatic nitrogens is 2. The number of carbonyl (C=O) groups is 1. The Morgan fingerprint density at radius 1 is 1.52 bits per heavy atom. The van der Waals surface area contributed by atoms with E-state index in [0.717, 1.165) is 35.6 Å². The van der Waals surface area contributed by atoms with E-state index in [1.54, 1.807) is 11.8 Å². The molecular weight excluding hydrogens is 312 g/mol. The van der Waals surface area contributed by atoms with E-state index in [-0.39, 0.29) is 11.9 Å². The largest absolute Gasteiger partial charge is 0.366 e. The maximum absolute atomic E-state index is 12.4. The number of thioether (sulfide) groups is 1. The van der Waals surface area contributed by atoms with Crippen LogP contribution in [0.25, 0.3) is 11.0 Å². The second-order valence-electron chi connectivity index (χ2n) is 5.55. The van der Waals surface area contributed by atoms with Crippen molar-refractivity contribution < 1.29 is 9.53 Å². The van der Waals surface area contributed by atoms with Crippen molar-refractivity contribution in [1.29, 1.82) is 0 Å². The molecule has 124 valence electrons. The molecule has 2 aromatic rings. The van der Waals surface area contributed by atoms with Gasteiger partial charge in [-0.25, -0.2) is 4.98 Å². The van der Waals surface area contributed by atoms with Gasteiger partial charge >= 0.3 is 0 Å². The average Bonchev–Trinajstić information content (AvgIpc) is 3.03. The summed E-state index contributed by atoms with van der Waals surface area (Å²) in [7, 11) is 0. The molecule has 6 nitrogen and oxygen atoms in total. The van der Waals surface area contributed by atoms with E-state index >= 15 is 0 Å². The fourth-order valence-corrected chi connectivity index (χ4v) is 3.12. The first-order chi connectivity index (χ1) is 11.3. The number of ether oxygens (including phenoxy) is 1. The summed E-state index contributed by atoms with van der Waals surface area (Å²) in [5, 5.41) is 6.27. The highest BCUT2D eigenvalue weighted by Crippen LogP contribution is 2.20. The van der Waals surface area contributed by atoms with E-state index in [1.807, 2.05) is 24.3 Å². The molecule has 0 saturated carbocycles. The van der Waals surface area contributed by atoms with E-state index < -0.39 is 6.10 Å². The number of imidazole rings is 1. The zero-order valence-corrected chi connectivity index (χ0v) is 14.0. The van der Waals surface area contributed by atoms with E-state index in [4.69, 9.17) is 4.74 Å². The van der Waals surface area contributed by atoms with Crippen molar-refractivity contribution in [1.82, 2.24) is 20.6 Å². The number of para-hydroxylation sites is 2. The molecule has 0 spiro atoms. The molecule has 3 rings (SSSR count). The third-order valence-corrected chi connectivity index (χ3v) is 4.53. The Morgan fingerprint density at radius 3 is 3.13 bits per heavy atom. The summed E-state index contributed by atoms with van der Waals surface area (Å²) in [6.07, 6.45) is 2.46. The molecule has 1 aliphatic rings. The van der Waals surface area contributed by atoms with Crippen LogP contribution in [0.15, 0.2) is 24.3 Å². The fraction of sp³-hybridized carbons (Fsp3) is 0.500. The molecule has 1 aromatic carbocycles. The van der Waals surface area contributed by atoms with E-state index in [0.29, 0.717) is 13.2 Å². The summed E-state index contributed by atoms with van der Waals surface area (Å²) in [6.45, 7) is 1.92. The number of carbonyl (C=O) groups excluding carboxylic acids is 1. The molecule has 0 bridgehead atoms. The van der Waals surface area contributed by atoms with Gasteiger partial charge in [0.05, 0.1) is 23.7 Å². The van der Waals surface area contributed by atoms with Gasteiger partial charge in [0.1, 0.15) is 11.9 Å². The molecule has 2 heterocycles. The summed E-state index contributed by atoms with van der Waals surface area (Å²) in [6, 6.07) is 7.77. The van der Waals surface area contributed by atoms with Crippen LogP contribution in [0, 0.1) is 0 Å². The number of morpholine rings is 1. The zero-order valence-electron chi connectivity index (χ0n) is 13.2. The molecule has 0 radical (unpaired) electrons. The molecule has 1 aromatic heterocycles. The standard InChI is InChI=1S/C16H22N4O2S/c1-23-9-6-13(20-16(21)14-10-17-7-8-22-14)15-18-11-4-2-3-5-12(11)19-15/h2-5,13-14,17H,6-10H2,1H3,(H,18,19)(H,20,21). The summed E-state index contributed by atoms with van der Waals surface area (Å²) >= 11 is 1.76. The summed E-state index contributed by atoms with van der Waals surface area (Å²) in [5.74, 6) is 1.67. The third kappa shape index (κ3) is 4.04. The van der Waals surface area contributed by atoms with Crippen molar-refractivity contribution >= 4 is 28.7 Å². The molecular formula is C16H22N4O2S. The first-order valence-corrected chi connectivity index (χ1v) is 9.23. The van der Waals surface area contributed by atoms with Gasteiger partial charge in [-0.3, -0.25) is 4.79 Å². The van der Waals surface area contributed by atoms with Crippen molar-refractivity contribution in [3.8, 4) is 0 Å². The lowest BCUT2D eigenvalue weighted by atomic mass is 10.2. The predicted octanol–water partition coefficient (Wildman–Crippen LogP) is 1.46. The highest BCUT2D eigenvalue weighted by atomic mass is 32.2. The minimum atomic E-state index is -0.426. The Morgan fingerprint density at radius 2 is 2.39 bits per heavy atom. The maximum atomic E-state index is 12.4. The lowest BCUT2D eigenvalue weighted by Crippen LogP contribution is -2.48. The zero-order chi connectivity index (χ0) is 16.1. The minimum absolute atomic E-state index is 0.0799. The lowest BCUT2D eigenvalue weighted by Gasteiger charge is -2.25. The van der Waals surface area contributed by atoms with Crippen LogP contribution in [0.2, 0.25) is 0 Å². The SMILES string of the molecule is CSCCC(NC(=O)C1CNCCO1)c1nc2ccccc2[nH]1. The van der Waals surface area contributed by atoms with Gasteiger partial charge in [-0.2, -0.15) is 11.8 Å². The number of fused-ring (bicyclic) bond motifs is 1. The second-order valence-corrected chi connectivity index (χ2v) is 6.53. The summed E-state index contributed by atoms with van der Waals surface area (Å²) in [4.78, 5) is 20.4. The molecule has 2 unspecified atom stereocenters. The Bertz CT molecular complexity index is 621. The number of hydrogen-bond acceptors (Lipinski definition) is 5. The first kappa shape index (κ1) is 16.3. The van der Waals surface area contributed by atoms with Crippen LogP contribution in [-0.4, -0.2) is 53.7 Å². The summed E-state index contributed by atoms with van der Waals surface area (Å²) < 4.78 is 5.53. The van der Waals surface area contributed by atoms with Gasteiger partial charge < -0.3 is 20.4 Å². The monoisotopic (exact) mass is 334 g/mol. The van der Waals surface area contributed by atoms with E-state index in [9.17, 15) is 4.79 Å². The normalized spacial score (nSPS) is 19.6. The maximum Gasteiger partial charge on any atom is 0.251 e. The van der Waals surface area contributed by atoms with Crippen molar-refractivity contribution in [2.24, 2.45) is 0 Å². The van der Waals surface area contributed by atoms with Gasteiger partial charge in [-0.1, -0.05) is 12.1 Å². The molecule has 1 amide bonds. The van der Waals surface area contributed by atoms with Gasteiger partial charge in [0.2, 0.25) is 0 Å². The number of hydrogen-bond donors (Lipinski definition) is 3. The molecule has 1 aliphatic heterocycles. The Hall–Kier alpha value is -1.57. The molecule has 1 fully saturated rings. The van der Waals surface area contributed by atoms with Crippen molar-refractivity contribution in [2.45, 2.75) is 18.6 Å². The number of rotatable bonds is 6. The molecule has 0 aliphatic carbocycles. The van der Waals surface area contributed by atoms with Crippen LogP contribution >= 0.6 is 11.8 Å². The van der Waals surface area contributed by atoms with Crippen LogP contribution in [-0.2, 0) is 9.53 Å². The number of nitrogens with one attached hydrogen (secondary N) is 3. The van der Waals surface area contributed by atoms with E-state index in [1.165, 1.54) is 0 Å². The van der Waals surface area contributed by atoms with Crippen LogP contribution in [0.5, 0.6) is 0 Å². The van der Waals surface area contributed by atoms with Gasteiger partial charge in [0.15, 0.2) is 0 Å². The smallest absolute Gasteiger partial charge is 0.251 e. The lowest BCUT2D eigenvalue weighted by molar-refractivity contribution is -0.135. The van der Waals surface area contributed by atoms with Crippen molar-refractivity contribution in [2.75, 3.05) is 31.7 Å². The Labute approximate surface area is 139 Å². The average molecular weight is 334 g/mol. The van der Waals surface area contributed by atoms with Gasteiger partial charge in [0, 0.05) is 13.1 Å². The minimum Gasteiger partial charge on any atom is -0.366 e. The van der Waals surface area contributed by atoms with Gasteiger partial charge in [0.25, 0.3) is 5.91 Å². The van der Waals surface area contributed by atoms with Crippen LogP contribution in [0.3, 0.4) is 0 Å². The highest BCUT2D eigenvalue weighted by molar-refractivity contribution is 7.98. The highest BCUT2D eigenvalue weighted by Gasteiger charge is 2.25. The topological polar surface area (TPSA) is 79.0 Å². The third-order valence-electron chi connectivity index (χ3n) is 3.88. The van der Waals surface area contributed by atoms with Crippen LogP contribution in [0.1, 0.15) is 18.3 Å². The van der Waals surface area contributed by atoms with Gasteiger partial charge in [-0.15, -0.1) is 0 Å². The predicted molar refractivity (Wildman–Crippen MR) is 92.6 cm³/mol. The van der Waals surface area contributed by atoms with Crippen LogP contribution in [0.4, 0.5) is 0 Å². The fourth-order valence-electron chi connectivity index (χ4n) is 2.65. The van der Waals surface area contributed by atoms with Gasteiger partial charge in [-0.05, 0) is 30.6 Å². The quantitative estimate of drug-likeness (QED) is 0.745.